The van der Waals surface area contributed by atoms with Gasteiger partial charge in [-0.15, -0.1) is 12.4 Å². The van der Waals surface area contributed by atoms with Crippen LogP contribution in [-0.4, -0.2) is 17.1 Å². The van der Waals surface area contributed by atoms with Crippen molar-refractivity contribution in [1.82, 2.24) is 0 Å². The van der Waals surface area contributed by atoms with E-state index in [2.05, 4.69) is 12.1 Å². The maximum Gasteiger partial charge on any atom is 0.320 e. The van der Waals surface area contributed by atoms with Crippen molar-refractivity contribution in [1.29, 1.82) is 0 Å². The summed E-state index contributed by atoms with van der Waals surface area (Å²) in [4.78, 5) is 10.6. The van der Waals surface area contributed by atoms with Gasteiger partial charge in [-0.3, -0.25) is 4.79 Å². The Balaban J connectivity index is 0.00000128. The number of carbonyl (C=O) groups is 1. The first kappa shape index (κ1) is 13.0. The smallest absolute Gasteiger partial charge is 0.320 e. The summed E-state index contributed by atoms with van der Waals surface area (Å²) >= 11 is 0. The van der Waals surface area contributed by atoms with Crippen LogP contribution in [0.4, 0.5) is 0 Å². The summed E-state index contributed by atoms with van der Waals surface area (Å²) < 4.78 is 0. The Morgan fingerprint density at radius 3 is 2.38 bits per heavy atom. The molecule has 3 N–H and O–H groups in total. The monoisotopic (exact) mass is 241 g/mol. The fourth-order valence-corrected chi connectivity index (χ4v) is 1.68. The number of hydrogen-bond donors (Lipinski definition) is 2. The van der Waals surface area contributed by atoms with Crippen LogP contribution in [0.1, 0.15) is 29.9 Å². The van der Waals surface area contributed by atoms with E-state index in [4.69, 9.17) is 10.8 Å². The van der Waals surface area contributed by atoms with Gasteiger partial charge in [-0.05, 0) is 36.3 Å². The van der Waals surface area contributed by atoms with E-state index >= 15 is 0 Å². The Morgan fingerprint density at radius 1 is 1.38 bits per heavy atom. The van der Waals surface area contributed by atoms with Crippen LogP contribution in [0, 0.1) is 0 Å². The van der Waals surface area contributed by atoms with Crippen LogP contribution < -0.4 is 5.73 Å². The van der Waals surface area contributed by atoms with Crippen LogP contribution in [0.25, 0.3) is 0 Å². The zero-order chi connectivity index (χ0) is 10.8. The summed E-state index contributed by atoms with van der Waals surface area (Å²) in [7, 11) is 0. The number of halogens is 1. The molecule has 1 fully saturated rings. The SMILES string of the molecule is Cl.N[C@@H](Cc1ccc(C2CC2)cc1)C(=O)O. The van der Waals surface area contributed by atoms with E-state index < -0.39 is 12.0 Å². The molecule has 2 rings (SSSR count). The highest BCUT2D eigenvalue weighted by molar-refractivity contribution is 5.85. The maximum absolute atomic E-state index is 10.6. The first-order chi connectivity index (χ1) is 7.16. The predicted molar refractivity (Wildman–Crippen MR) is 65.0 cm³/mol. The minimum absolute atomic E-state index is 0. The Kier molecular flexibility index (Phi) is 4.33. The topological polar surface area (TPSA) is 63.3 Å². The van der Waals surface area contributed by atoms with Gasteiger partial charge in [-0.1, -0.05) is 24.3 Å². The Labute approximate surface area is 101 Å². The molecule has 0 amide bonds. The second-order valence-corrected chi connectivity index (χ2v) is 4.16. The molecule has 0 saturated heterocycles. The van der Waals surface area contributed by atoms with Gasteiger partial charge in [0, 0.05) is 0 Å². The lowest BCUT2D eigenvalue weighted by molar-refractivity contribution is -0.138. The van der Waals surface area contributed by atoms with Gasteiger partial charge in [0.05, 0.1) is 0 Å². The average molecular weight is 242 g/mol. The normalized spacial score (nSPS) is 16.3. The molecule has 3 nitrogen and oxygen atoms in total. The van der Waals surface area contributed by atoms with E-state index in [1.54, 1.807) is 0 Å². The standard InChI is InChI=1S/C12H15NO2.ClH/c13-11(12(14)15)7-8-1-3-9(4-2-8)10-5-6-10;/h1-4,10-11H,5-7,13H2,(H,14,15);1H/t11-;/m0./s1. The van der Waals surface area contributed by atoms with Crippen LogP contribution in [0.2, 0.25) is 0 Å². The zero-order valence-electron chi connectivity index (χ0n) is 8.93. The van der Waals surface area contributed by atoms with Gasteiger partial charge in [-0.2, -0.15) is 0 Å². The molecule has 88 valence electrons. The molecule has 1 aliphatic rings. The van der Waals surface area contributed by atoms with Crippen LogP contribution in [0.3, 0.4) is 0 Å². The fraction of sp³-hybridized carbons (Fsp3) is 0.417. The third-order valence-electron chi connectivity index (χ3n) is 2.80. The molecule has 0 aromatic heterocycles. The number of nitrogens with two attached hydrogens (primary N) is 1. The lowest BCUT2D eigenvalue weighted by Gasteiger charge is -2.06. The molecular weight excluding hydrogens is 226 g/mol. The number of aliphatic carboxylic acids is 1. The highest BCUT2D eigenvalue weighted by atomic mass is 35.5. The summed E-state index contributed by atoms with van der Waals surface area (Å²) in [5.74, 6) is -0.200. The maximum atomic E-state index is 10.6. The van der Waals surface area contributed by atoms with E-state index in [0.717, 1.165) is 11.5 Å². The van der Waals surface area contributed by atoms with Crippen LogP contribution in [0.5, 0.6) is 0 Å². The zero-order valence-corrected chi connectivity index (χ0v) is 9.74. The molecule has 0 bridgehead atoms. The highest BCUT2D eigenvalue weighted by Gasteiger charge is 2.23. The van der Waals surface area contributed by atoms with Crippen molar-refractivity contribution in [3.8, 4) is 0 Å². The van der Waals surface area contributed by atoms with Crippen molar-refractivity contribution in [2.75, 3.05) is 0 Å². The summed E-state index contributed by atoms with van der Waals surface area (Å²) in [6.45, 7) is 0. The molecule has 0 heterocycles. The number of carboxylic acids is 1. The van der Waals surface area contributed by atoms with Crippen molar-refractivity contribution in [3.05, 3.63) is 35.4 Å². The van der Waals surface area contributed by atoms with Crippen molar-refractivity contribution in [2.24, 2.45) is 5.73 Å². The van der Waals surface area contributed by atoms with Crippen LogP contribution >= 0.6 is 12.4 Å². The fourth-order valence-electron chi connectivity index (χ4n) is 1.68. The highest BCUT2D eigenvalue weighted by Crippen LogP contribution is 2.39. The second-order valence-electron chi connectivity index (χ2n) is 4.16. The number of rotatable bonds is 4. The molecule has 1 aliphatic carbocycles. The molecule has 0 aliphatic heterocycles. The quantitative estimate of drug-likeness (QED) is 0.847. The molecule has 1 saturated carbocycles. The van der Waals surface area contributed by atoms with Gasteiger partial charge < -0.3 is 10.8 Å². The molecular formula is C12H16ClNO2. The summed E-state index contributed by atoms with van der Waals surface area (Å²) in [6, 6.07) is 7.34. The van der Waals surface area contributed by atoms with Gasteiger partial charge in [0.1, 0.15) is 6.04 Å². The minimum Gasteiger partial charge on any atom is -0.480 e. The molecule has 4 heteroatoms. The van der Waals surface area contributed by atoms with E-state index in [0.29, 0.717) is 6.42 Å². The average Bonchev–Trinajstić information content (AvgIpc) is 3.02. The van der Waals surface area contributed by atoms with Gasteiger partial charge >= 0.3 is 5.97 Å². The first-order valence-electron chi connectivity index (χ1n) is 5.24. The third kappa shape index (κ3) is 3.22. The largest absolute Gasteiger partial charge is 0.480 e. The van der Waals surface area contributed by atoms with E-state index in [-0.39, 0.29) is 12.4 Å². The molecule has 16 heavy (non-hydrogen) atoms. The van der Waals surface area contributed by atoms with Crippen LogP contribution in [-0.2, 0) is 11.2 Å². The molecule has 1 aromatic carbocycles. The number of benzene rings is 1. The van der Waals surface area contributed by atoms with E-state index in [9.17, 15) is 4.79 Å². The van der Waals surface area contributed by atoms with Gasteiger partial charge in [0.25, 0.3) is 0 Å². The number of carboxylic acid groups (broad SMARTS) is 1. The minimum atomic E-state index is -0.943. The molecule has 0 spiro atoms. The van der Waals surface area contributed by atoms with Crippen molar-refractivity contribution < 1.29 is 9.90 Å². The predicted octanol–water partition coefficient (Wildman–Crippen LogP) is 1.94. The van der Waals surface area contributed by atoms with Gasteiger partial charge in [0.15, 0.2) is 0 Å². The van der Waals surface area contributed by atoms with Gasteiger partial charge in [0.2, 0.25) is 0 Å². The lowest BCUT2D eigenvalue weighted by atomic mass is 10.0. The van der Waals surface area contributed by atoms with Crippen molar-refractivity contribution in [2.45, 2.75) is 31.2 Å². The molecule has 0 radical (unpaired) electrons. The summed E-state index contributed by atoms with van der Waals surface area (Å²) in [6.07, 6.45) is 2.97. The Bertz CT molecular complexity index is 360. The summed E-state index contributed by atoms with van der Waals surface area (Å²) in [5.41, 5.74) is 7.82. The molecule has 1 atom stereocenters. The van der Waals surface area contributed by atoms with Gasteiger partial charge in [-0.25, -0.2) is 0 Å². The molecule has 1 aromatic rings. The third-order valence-corrected chi connectivity index (χ3v) is 2.80. The Hall–Kier alpha value is -1.06. The van der Waals surface area contributed by atoms with Crippen molar-refractivity contribution >= 4 is 18.4 Å². The Morgan fingerprint density at radius 2 is 1.94 bits per heavy atom. The van der Waals surface area contributed by atoms with E-state index in [1.807, 2.05) is 12.1 Å². The second kappa shape index (κ2) is 5.32. The van der Waals surface area contributed by atoms with E-state index in [1.165, 1.54) is 18.4 Å². The lowest BCUT2D eigenvalue weighted by Crippen LogP contribution is -2.32. The number of hydrogen-bond acceptors (Lipinski definition) is 2. The van der Waals surface area contributed by atoms with Crippen LogP contribution in [0.15, 0.2) is 24.3 Å². The van der Waals surface area contributed by atoms with Crippen molar-refractivity contribution in [3.63, 3.8) is 0 Å². The summed E-state index contributed by atoms with van der Waals surface area (Å²) in [5, 5.41) is 8.67. The molecule has 0 unspecified atom stereocenters. The first-order valence-corrected chi connectivity index (χ1v) is 5.24.